The lowest BCUT2D eigenvalue weighted by Gasteiger charge is -2.11. The second-order valence-electron chi connectivity index (χ2n) is 4.62. The van der Waals surface area contributed by atoms with Crippen LogP contribution in [0.4, 0.5) is 0 Å². The lowest BCUT2D eigenvalue weighted by atomic mass is 9.94. The summed E-state index contributed by atoms with van der Waals surface area (Å²) in [4.78, 5) is 11.3. The molecule has 0 amide bonds. The second-order valence-corrected chi connectivity index (χ2v) is 4.62. The van der Waals surface area contributed by atoms with Gasteiger partial charge >= 0.3 is 5.97 Å². The van der Waals surface area contributed by atoms with Crippen molar-refractivity contribution in [1.29, 1.82) is 0 Å². The Labute approximate surface area is 116 Å². The molecule has 0 spiro atoms. The van der Waals surface area contributed by atoms with E-state index in [-0.39, 0.29) is 5.97 Å². The molecule has 0 aliphatic carbocycles. The number of rotatable bonds is 6. The molecule has 0 heterocycles. The lowest BCUT2D eigenvalue weighted by molar-refractivity contribution is -0.142. The van der Waals surface area contributed by atoms with E-state index in [0.29, 0.717) is 13.0 Å². The second kappa shape index (κ2) is 7.78. The van der Waals surface area contributed by atoms with Crippen LogP contribution in [0.25, 0.3) is 6.08 Å². The maximum atomic E-state index is 11.3. The maximum Gasteiger partial charge on any atom is 0.309 e. The Balaban J connectivity index is 2.92. The van der Waals surface area contributed by atoms with E-state index in [0.717, 1.165) is 12.8 Å². The largest absolute Gasteiger partial charge is 0.466 e. The van der Waals surface area contributed by atoms with Gasteiger partial charge in [0.25, 0.3) is 0 Å². The molecule has 0 fully saturated rings. The third kappa shape index (κ3) is 4.55. The van der Waals surface area contributed by atoms with Crippen molar-refractivity contribution in [1.82, 2.24) is 0 Å². The molecule has 0 aliphatic rings. The van der Waals surface area contributed by atoms with E-state index < -0.39 is 0 Å². The molecule has 19 heavy (non-hydrogen) atoms. The Morgan fingerprint density at radius 2 is 1.74 bits per heavy atom. The highest BCUT2D eigenvalue weighted by molar-refractivity contribution is 5.73. The van der Waals surface area contributed by atoms with Gasteiger partial charge in [-0.3, -0.25) is 4.79 Å². The minimum atomic E-state index is -0.165. The van der Waals surface area contributed by atoms with Crippen molar-refractivity contribution >= 4 is 12.0 Å². The van der Waals surface area contributed by atoms with Crippen molar-refractivity contribution in [3.05, 3.63) is 40.5 Å². The minimum absolute atomic E-state index is 0.165. The molecule has 0 unspecified atom stereocenters. The molecule has 0 atom stereocenters. The van der Waals surface area contributed by atoms with Crippen LogP contribution in [0.5, 0.6) is 0 Å². The first-order valence-electron chi connectivity index (χ1n) is 7.06. The van der Waals surface area contributed by atoms with E-state index in [1.165, 1.54) is 22.3 Å². The maximum absolute atomic E-state index is 11.3. The summed E-state index contributed by atoms with van der Waals surface area (Å²) in [5.41, 5.74) is 5.25. The Morgan fingerprint density at radius 3 is 2.21 bits per heavy atom. The summed E-state index contributed by atoms with van der Waals surface area (Å²) in [6.07, 6.45) is 6.32. The Hall–Kier alpha value is -1.57. The average Bonchev–Trinajstić information content (AvgIpc) is 2.39. The number of benzene rings is 1. The van der Waals surface area contributed by atoms with E-state index in [9.17, 15) is 4.79 Å². The molecule has 1 aromatic rings. The number of ether oxygens (including phenoxy) is 1. The molecule has 0 saturated heterocycles. The Bertz CT molecular complexity index is 433. The van der Waals surface area contributed by atoms with Crippen LogP contribution in [0.3, 0.4) is 0 Å². The highest BCUT2D eigenvalue weighted by atomic mass is 16.5. The Kier molecular flexibility index (Phi) is 6.34. The fourth-order valence-corrected chi connectivity index (χ4v) is 2.25. The number of carbonyl (C=O) groups excluding carboxylic acids is 1. The number of aryl methyl sites for hydroxylation is 3. The van der Waals surface area contributed by atoms with E-state index in [1.807, 2.05) is 13.0 Å². The van der Waals surface area contributed by atoms with Crippen LogP contribution in [0.2, 0.25) is 0 Å². The zero-order valence-corrected chi connectivity index (χ0v) is 12.5. The van der Waals surface area contributed by atoms with E-state index >= 15 is 0 Å². The molecule has 2 heteroatoms. The van der Waals surface area contributed by atoms with Crippen molar-refractivity contribution in [2.24, 2.45) is 0 Å². The highest BCUT2D eigenvalue weighted by Crippen LogP contribution is 2.21. The van der Waals surface area contributed by atoms with Gasteiger partial charge in [-0.1, -0.05) is 43.7 Å². The molecule has 0 saturated carbocycles. The molecule has 104 valence electrons. The number of esters is 1. The molecular formula is C17H24O2. The molecule has 0 radical (unpaired) electrons. The number of hydrogen-bond acceptors (Lipinski definition) is 2. The van der Waals surface area contributed by atoms with Crippen LogP contribution < -0.4 is 0 Å². The van der Waals surface area contributed by atoms with Gasteiger partial charge in [0.2, 0.25) is 0 Å². The van der Waals surface area contributed by atoms with Gasteiger partial charge in [-0.2, -0.15) is 0 Å². The predicted octanol–water partition coefficient (Wildman–Crippen LogP) is 4.09. The number of carbonyl (C=O) groups is 1. The molecule has 1 aromatic carbocycles. The summed E-state index contributed by atoms with van der Waals surface area (Å²) in [5.74, 6) is -0.165. The minimum Gasteiger partial charge on any atom is -0.466 e. The van der Waals surface area contributed by atoms with Gasteiger partial charge in [-0.15, -0.1) is 0 Å². The molecule has 0 bridgehead atoms. The van der Waals surface area contributed by atoms with Crippen LogP contribution >= 0.6 is 0 Å². The van der Waals surface area contributed by atoms with Crippen LogP contribution in [0.15, 0.2) is 18.2 Å². The van der Waals surface area contributed by atoms with Crippen molar-refractivity contribution in [3.8, 4) is 0 Å². The summed E-state index contributed by atoms with van der Waals surface area (Å²) >= 11 is 0. The zero-order chi connectivity index (χ0) is 14.3. The van der Waals surface area contributed by atoms with Crippen LogP contribution in [0.1, 0.15) is 49.4 Å². The molecule has 2 nitrogen and oxygen atoms in total. The first-order valence-corrected chi connectivity index (χ1v) is 7.06. The fraction of sp³-hybridized carbons (Fsp3) is 0.471. The third-order valence-electron chi connectivity index (χ3n) is 3.13. The van der Waals surface area contributed by atoms with Gasteiger partial charge in [0.15, 0.2) is 0 Å². The van der Waals surface area contributed by atoms with Gasteiger partial charge in [0, 0.05) is 0 Å². The van der Waals surface area contributed by atoms with Crippen LogP contribution in [-0.4, -0.2) is 12.6 Å². The van der Waals surface area contributed by atoms with Gasteiger partial charge in [0.05, 0.1) is 13.0 Å². The van der Waals surface area contributed by atoms with Gasteiger partial charge < -0.3 is 4.74 Å². The van der Waals surface area contributed by atoms with Crippen molar-refractivity contribution in [2.75, 3.05) is 6.61 Å². The van der Waals surface area contributed by atoms with E-state index in [4.69, 9.17) is 4.74 Å². The van der Waals surface area contributed by atoms with Gasteiger partial charge in [-0.25, -0.2) is 0 Å². The predicted molar refractivity (Wildman–Crippen MR) is 80.2 cm³/mol. The Morgan fingerprint density at radius 1 is 1.16 bits per heavy atom. The van der Waals surface area contributed by atoms with Crippen molar-refractivity contribution in [3.63, 3.8) is 0 Å². The molecule has 0 N–H and O–H groups in total. The van der Waals surface area contributed by atoms with E-state index in [2.05, 4.69) is 39.0 Å². The molecular weight excluding hydrogens is 236 g/mol. The van der Waals surface area contributed by atoms with Crippen LogP contribution in [-0.2, 0) is 22.4 Å². The first kappa shape index (κ1) is 15.5. The summed E-state index contributed by atoms with van der Waals surface area (Å²) < 4.78 is 4.92. The standard InChI is InChI=1S/C17H24O2/c1-5-14-11-13(4)12-15(6-2)16(14)9-8-10-17(18)19-7-3/h8-9,11-12H,5-7,10H2,1-4H3. The zero-order valence-electron chi connectivity index (χ0n) is 12.5. The third-order valence-corrected chi connectivity index (χ3v) is 3.13. The topological polar surface area (TPSA) is 26.3 Å². The van der Waals surface area contributed by atoms with Crippen LogP contribution in [0, 0.1) is 6.92 Å². The molecule has 0 aromatic heterocycles. The fourth-order valence-electron chi connectivity index (χ4n) is 2.25. The lowest BCUT2D eigenvalue weighted by Crippen LogP contribution is -2.01. The molecule has 0 aliphatic heterocycles. The molecule has 1 rings (SSSR count). The summed E-state index contributed by atoms with van der Waals surface area (Å²) in [6.45, 7) is 8.72. The SMILES string of the molecule is CCOC(=O)CC=Cc1c(CC)cc(C)cc1CC. The monoisotopic (exact) mass is 260 g/mol. The summed E-state index contributed by atoms with van der Waals surface area (Å²) in [7, 11) is 0. The van der Waals surface area contributed by atoms with Gasteiger partial charge in [0.1, 0.15) is 0 Å². The first-order chi connectivity index (χ1) is 9.12. The van der Waals surface area contributed by atoms with Crippen molar-refractivity contribution < 1.29 is 9.53 Å². The number of hydrogen-bond donors (Lipinski definition) is 0. The highest BCUT2D eigenvalue weighted by Gasteiger charge is 2.05. The summed E-state index contributed by atoms with van der Waals surface area (Å²) in [6, 6.07) is 4.45. The summed E-state index contributed by atoms with van der Waals surface area (Å²) in [5, 5.41) is 0. The smallest absolute Gasteiger partial charge is 0.309 e. The van der Waals surface area contributed by atoms with Gasteiger partial charge in [-0.05, 0) is 43.4 Å². The normalized spacial score (nSPS) is 10.9. The van der Waals surface area contributed by atoms with Crippen molar-refractivity contribution in [2.45, 2.75) is 47.0 Å². The quantitative estimate of drug-likeness (QED) is 0.720. The average molecular weight is 260 g/mol. The van der Waals surface area contributed by atoms with E-state index in [1.54, 1.807) is 0 Å².